The number of rotatable bonds is 7. The number of carbonyl (C=O) groups is 1. The van der Waals surface area contributed by atoms with Gasteiger partial charge in [-0.25, -0.2) is 0 Å². The monoisotopic (exact) mass is 332 g/mol. The van der Waals surface area contributed by atoms with Gasteiger partial charge in [0.15, 0.2) is 6.61 Å². The fourth-order valence-corrected chi connectivity index (χ4v) is 3.65. The van der Waals surface area contributed by atoms with Crippen molar-refractivity contribution in [2.45, 2.75) is 57.2 Å². The minimum Gasteiger partial charge on any atom is -0.494 e. The molecule has 132 valence electrons. The molecule has 2 aliphatic rings. The van der Waals surface area contributed by atoms with Crippen LogP contribution in [-0.4, -0.2) is 49.2 Å². The molecule has 0 radical (unpaired) electrons. The molecule has 0 saturated carbocycles. The van der Waals surface area contributed by atoms with Crippen LogP contribution < -0.4 is 14.8 Å². The predicted octanol–water partition coefficient (Wildman–Crippen LogP) is 2.60. The van der Waals surface area contributed by atoms with Crippen LogP contribution in [0, 0.1) is 0 Å². The molecule has 1 aromatic rings. The first-order valence-electron chi connectivity index (χ1n) is 9.03. The highest BCUT2D eigenvalue weighted by molar-refractivity contribution is 5.77. The van der Waals surface area contributed by atoms with Crippen LogP contribution in [0.15, 0.2) is 24.3 Å². The summed E-state index contributed by atoms with van der Waals surface area (Å²) in [5.74, 6) is 1.58. The number of carbonyl (C=O) groups excluding carboxylic acids is 1. The molecule has 5 nitrogen and oxygen atoms in total. The molecule has 1 N–H and O–H groups in total. The Kier molecular flexibility index (Phi) is 5.61. The average Bonchev–Trinajstić information content (AvgIpc) is 2.96. The van der Waals surface area contributed by atoms with Gasteiger partial charge in [0.25, 0.3) is 5.91 Å². The van der Waals surface area contributed by atoms with E-state index in [0.29, 0.717) is 30.5 Å². The Morgan fingerprint density at radius 1 is 1.12 bits per heavy atom. The summed E-state index contributed by atoms with van der Waals surface area (Å²) in [5, 5.41) is 3.61. The van der Waals surface area contributed by atoms with Gasteiger partial charge in [-0.3, -0.25) is 4.79 Å². The Morgan fingerprint density at radius 3 is 2.29 bits per heavy atom. The first kappa shape index (κ1) is 17.1. The van der Waals surface area contributed by atoms with E-state index in [1.54, 1.807) is 0 Å². The van der Waals surface area contributed by atoms with Crippen LogP contribution in [0.4, 0.5) is 0 Å². The molecular formula is C19H28N2O3. The normalized spacial score (nSPS) is 25.3. The summed E-state index contributed by atoms with van der Waals surface area (Å²) < 4.78 is 11.2. The highest BCUT2D eigenvalue weighted by Crippen LogP contribution is 2.29. The van der Waals surface area contributed by atoms with Gasteiger partial charge >= 0.3 is 0 Å². The highest BCUT2D eigenvalue weighted by atomic mass is 16.5. The van der Waals surface area contributed by atoms with Crippen molar-refractivity contribution in [1.29, 1.82) is 0 Å². The van der Waals surface area contributed by atoms with Gasteiger partial charge in [0.1, 0.15) is 11.5 Å². The van der Waals surface area contributed by atoms with E-state index in [0.717, 1.165) is 25.0 Å². The fourth-order valence-electron chi connectivity index (χ4n) is 3.65. The Balaban J connectivity index is 1.46. The number of amides is 1. The second kappa shape index (κ2) is 7.88. The van der Waals surface area contributed by atoms with Crippen LogP contribution in [0.3, 0.4) is 0 Å². The third-order valence-corrected chi connectivity index (χ3v) is 5.05. The molecule has 0 aliphatic carbocycles. The molecule has 3 rings (SSSR count). The van der Waals surface area contributed by atoms with Gasteiger partial charge in [-0.05, 0) is 56.4 Å². The summed E-state index contributed by atoms with van der Waals surface area (Å²) in [4.78, 5) is 14.3. The molecule has 0 aromatic heterocycles. The Labute approximate surface area is 144 Å². The quantitative estimate of drug-likeness (QED) is 0.834. The summed E-state index contributed by atoms with van der Waals surface area (Å²) in [5.41, 5.74) is 0. The van der Waals surface area contributed by atoms with Gasteiger partial charge in [-0.15, -0.1) is 0 Å². The Hall–Kier alpha value is -1.75. The highest BCUT2D eigenvalue weighted by Gasteiger charge is 2.36. The van der Waals surface area contributed by atoms with Crippen molar-refractivity contribution < 1.29 is 14.3 Å². The number of nitrogens with zero attached hydrogens (tertiary/aromatic N) is 1. The van der Waals surface area contributed by atoms with Crippen molar-refractivity contribution in [3.05, 3.63) is 24.3 Å². The van der Waals surface area contributed by atoms with Crippen LogP contribution in [0.2, 0.25) is 0 Å². The van der Waals surface area contributed by atoms with Crippen LogP contribution in [0.5, 0.6) is 11.5 Å². The molecular weight excluding hydrogens is 304 g/mol. The van der Waals surface area contributed by atoms with Crippen molar-refractivity contribution in [1.82, 2.24) is 10.2 Å². The third kappa shape index (κ3) is 4.20. The summed E-state index contributed by atoms with van der Waals surface area (Å²) in [6.07, 6.45) is 5.58. The van der Waals surface area contributed by atoms with Crippen LogP contribution >= 0.6 is 0 Å². The number of hydrogen-bond acceptors (Lipinski definition) is 4. The average molecular weight is 332 g/mol. The van der Waals surface area contributed by atoms with Crippen molar-refractivity contribution in [3.8, 4) is 11.5 Å². The number of benzene rings is 1. The molecule has 1 aromatic carbocycles. The second-order valence-electron chi connectivity index (χ2n) is 6.88. The van der Waals surface area contributed by atoms with Crippen molar-refractivity contribution in [2.24, 2.45) is 0 Å². The number of fused-ring (bicyclic) bond motifs is 2. The maximum atomic E-state index is 12.4. The number of likely N-dealkylation sites (N-methyl/N-ethyl adjacent to an activating group) is 1. The topological polar surface area (TPSA) is 50.8 Å². The molecule has 2 heterocycles. The summed E-state index contributed by atoms with van der Waals surface area (Å²) >= 11 is 0. The zero-order valence-electron chi connectivity index (χ0n) is 14.7. The lowest BCUT2D eigenvalue weighted by atomic mass is 9.98. The zero-order valence-corrected chi connectivity index (χ0v) is 14.7. The van der Waals surface area contributed by atoms with Crippen LogP contribution in [0.25, 0.3) is 0 Å². The Bertz CT molecular complexity index is 534. The van der Waals surface area contributed by atoms with Gasteiger partial charge in [0.05, 0.1) is 6.61 Å². The maximum Gasteiger partial charge on any atom is 0.260 e. The molecule has 2 aliphatic heterocycles. The van der Waals surface area contributed by atoms with E-state index >= 15 is 0 Å². The third-order valence-electron chi connectivity index (χ3n) is 5.05. The van der Waals surface area contributed by atoms with Crippen molar-refractivity contribution in [3.63, 3.8) is 0 Å². The SMILES string of the molecule is CCCOc1ccc(OCC(=O)N(C)C2CC3CCC(C2)N3)cc1. The molecule has 1 amide bonds. The number of piperidine rings is 1. The van der Waals surface area contributed by atoms with Crippen molar-refractivity contribution >= 4 is 5.91 Å². The van der Waals surface area contributed by atoms with E-state index in [4.69, 9.17) is 9.47 Å². The van der Waals surface area contributed by atoms with Crippen LogP contribution in [0.1, 0.15) is 39.0 Å². The van der Waals surface area contributed by atoms with Gasteiger partial charge in [0.2, 0.25) is 0 Å². The minimum absolute atomic E-state index is 0.0487. The summed E-state index contributed by atoms with van der Waals surface area (Å²) in [6, 6.07) is 8.96. The number of nitrogens with one attached hydrogen (secondary N) is 1. The molecule has 2 atom stereocenters. The van der Waals surface area contributed by atoms with E-state index in [1.807, 2.05) is 36.2 Å². The van der Waals surface area contributed by atoms with Crippen LogP contribution in [-0.2, 0) is 4.79 Å². The van der Waals surface area contributed by atoms with Gasteiger partial charge in [-0.1, -0.05) is 6.92 Å². The molecule has 2 unspecified atom stereocenters. The minimum atomic E-state index is 0.0487. The van der Waals surface area contributed by atoms with E-state index < -0.39 is 0 Å². The lowest BCUT2D eigenvalue weighted by molar-refractivity contribution is -0.134. The van der Waals surface area contributed by atoms with E-state index in [9.17, 15) is 4.79 Å². The van der Waals surface area contributed by atoms with E-state index in [2.05, 4.69) is 12.2 Å². The molecule has 2 saturated heterocycles. The number of ether oxygens (including phenoxy) is 2. The van der Waals surface area contributed by atoms with Gasteiger partial charge < -0.3 is 19.7 Å². The molecule has 2 bridgehead atoms. The first-order chi connectivity index (χ1) is 11.7. The zero-order chi connectivity index (χ0) is 16.9. The molecule has 24 heavy (non-hydrogen) atoms. The first-order valence-corrected chi connectivity index (χ1v) is 9.03. The number of hydrogen-bond donors (Lipinski definition) is 1. The van der Waals surface area contributed by atoms with E-state index in [-0.39, 0.29) is 12.5 Å². The standard InChI is InChI=1S/C19H28N2O3/c1-3-10-23-17-6-8-18(9-7-17)24-13-19(22)21(2)16-11-14-4-5-15(12-16)20-14/h6-9,14-16,20H,3-5,10-13H2,1-2H3. The van der Waals surface area contributed by atoms with Gasteiger partial charge in [0, 0.05) is 25.2 Å². The molecule has 2 fully saturated rings. The van der Waals surface area contributed by atoms with E-state index in [1.165, 1.54) is 12.8 Å². The Morgan fingerprint density at radius 2 is 1.71 bits per heavy atom. The molecule has 0 spiro atoms. The fraction of sp³-hybridized carbons (Fsp3) is 0.632. The smallest absolute Gasteiger partial charge is 0.260 e. The maximum absolute atomic E-state index is 12.4. The van der Waals surface area contributed by atoms with Gasteiger partial charge in [-0.2, -0.15) is 0 Å². The lowest BCUT2D eigenvalue weighted by Crippen LogP contribution is -2.49. The lowest BCUT2D eigenvalue weighted by Gasteiger charge is -2.35. The second-order valence-corrected chi connectivity index (χ2v) is 6.88. The largest absolute Gasteiger partial charge is 0.494 e. The molecule has 5 heteroatoms. The summed E-state index contributed by atoms with van der Waals surface area (Å²) in [6.45, 7) is 2.88. The van der Waals surface area contributed by atoms with Crippen molar-refractivity contribution in [2.75, 3.05) is 20.3 Å². The predicted molar refractivity (Wildman–Crippen MR) is 93.5 cm³/mol. The summed E-state index contributed by atoms with van der Waals surface area (Å²) in [7, 11) is 1.91.